The molecule has 12 heavy (non-hydrogen) atoms. The number of nitrogens with one attached hydrogen (secondary N) is 1. The van der Waals surface area contributed by atoms with E-state index in [0.717, 1.165) is 18.5 Å². The number of aromatic amines is 1. The molecular weight excluding hydrogens is 174 g/mol. The van der Waals surface area contributed by atoms with Crippen molar-refractivity contribution in [2.45, 2.75) is 26.2 Å². The third-order valence-corrected chi connectivity index (χ3v) is 2.33. The molecule has 0 fully saturated rings. The zero-order chi connectivity index (χ0) is 7.84. The number of halogens is 1. The number of fused-ring (bicyclic) bond motifs is 1. The topological polar surface area (TPSA) is 32.9 Å². The third kappa shape index (κ3) is 1.39. The van der Waals surface area contributed by atoms with Gasteiger partial charge in [0.05, 0.1) is 0 Å². The van der Waals surface area contributed by atoms with Crippen LogP contribution in [-0.4, -0.2) is 4.98 Å². The first-order valence-corrected chi connectivity index (χ1v) is 3.99. The van der Waals surface area contributed by atoms with Gasteiger partial charge in [0.1, 0.15) is 0 Å². The molecule has 0 aromatic carbocycles. The summed E-state index contributed by atoms with van der Waals surface area (Å²) in [7, 11) is 0. The van der Waals surface area contributed by atoms with Crippen LogP contribution in [0.1, 0.15) is 23.2 Å². The van der Waals surface area contributed by atoms with Crippen LogP contribution in [0.15, 0.2) is 10.9 Å². The Labute approximate surface area is 77.4 Å². The van der Waals surface area contributed by atoms with Crippen molar-refractivity contribution in [2.24, 2.45) is 0 Å². The summed E-state index contributed by atoms with van der Waals surface area (Å²) in [6.45, 7) is 1.98. The first-order valence-electron chi connectivity index (χ1n) is 3.99. The summed E-state index contributed by atoms with van der Waals surface area (Å²) in [5, 5.41) is 0. The fourth-order valence-electron chi connectivity index (χ4n) is 1.81. The van der Waals surface area contributed by atoms with Crippen molar-refractivity contribution >= 4 is 12.4 Å². The summed E-state index contributed by atoms with van der Waals surface area (Å²) in [4.78, 5) is 13.8. The quantitative estimate of drug-likeness (QED) is 0.655. The maximum Gasteiger partial charge on any atom is 0.248 e. The smallest absolute Gasteiger partial charge is 0.248 e. The van der Waals surface area contributed by atoms with Crippen LogP contribution >= 0.6 is 12.4 Å². The average Bonchev–Trinajstić information content (AvgIpc) is 2.34. The molecule has 1 N–H and O–H groups in total. The lowest BCUT2D eigenvalue weighted by Crippen LogP contribution is -2.08. The Balaban J connectivity index is 0.000000720. The minimum Gasteiger partial charge on any atom is -0.326 e. The van der Waals surface area contributed by atoms with Crippen molar-refractivity contribution in [3.05, 3.63) is 33.2 Å². The summed E-state index contributed by atoms with van der Waals surface area (Å²) in [5.41, 5.74) is 3.73. The van der Waals surface area contributed by atoms with Crippen molar-refractivity contribution in [1.29, 1.82) is 0 Å². The Bertz CT molecular complexity index is 343. The molecule has 1 aromatic rings. The monoisotopic (exact) mass is 185 g/mol. The van der Waals surface area contributed by atoms with Crippen LogP contribution in [0.2, 0.25) is 0 Å². The predicted octanol–water partition coefficient (Wildman–Crippen LogP) is 1.59. The molecule has 1 aliphatic rings. The molecule has 0 bridgehead atoms. The minimum atomic E-state index is 0. The number of rotatable bonds is 0. The normalized spacial score (nSPS) is 13.8. The van der Waals surface area contributed by atoms with E-state index in [4.69, 9.17) is 0 Å². The lowest BCUT2D eigenvalue weighted by Gasteiger charge is -2.00. The molecule has 0 radical (unpaired) electrons. The second-order valence-electron chi connectivity index (χ2n) is 3.12. The summed E-state index contributed by atoms with van der Waals surface area (Å²) in [5.74, 6) is 0. The third-order valence-electron chi connectivity index (χ3n) is 2.33. The maximum atomic E-state index is 11.0. The van der Waals surface area contributed by atoms with Gasteiger partial charge in [0, 0.05) is 11.8 Å². The zero-order valence-corrected chi connectivity index (χ0v) is 7.83. The lowest BCUT2D eigenvalue weighted by molar-refractivity contribution is 0.907. The second kappa shape index (κ2) is 3.31. The van der Waals surface area contributed by atoms with Gasteiger partial charge in [0.2, 0.25) is 5.56 Å². The standard InChI is InChI=1S/C9H11NO.ClH/c1-6-8-4-2-3-7(8)5-9(11)10-6;/h5H,2-4H2,1H3,(H,10,11);1H. The molecule has 2 nitrogen and oxygen atoms in total. The maximum absolute atomic E-state index is 11.0. The van der Waals surface area contributed by atoms with E-state index in [9.17, 15) is 4.79 Å². The van der Waals surface area contributed by atoms with Gasteiger partial charge < -0.3 is 4.98 Å². The highest BCUT2D eigenvalue weighted by Crippen LogP contribution is 2.21. The van der Waals surface area contributed by atoms with Crippen molar-refractivity contribution in [3.8, 4) is 0 Å². The molecule has 0 aliphatic heterocycles. The molecule has 0 atom stereocenters. The molecule has 1 aliphatic carbocycles. The number of hydrogen-bond acceptors (Lipinski definition) is 1. The van der Waals surface area contributed by atoms with E-state index in [0.29, 0.717) is 0 Å². The summed E-state index contributed by atoms with van der Waals surface area (Å²) in [6, 6.07) is 1.73. The zero-order valence-electron chi connectivity index (χ0n) is 7.02. The van der Waals surface area contributed by atoms with Gasteiger partial charge >= 0.3 is 0 Å². The van der Waals surface area contributed by atoms with Gasteiger partial charge in [0.15, 0.2) is 0 Å². The molecule has 66 valence electrons. The van der Waals surface area contributed by atoms with Crippen LogP contribution in [0.4, 0.5) is 0 Å². The van der Waals surface area contributed by atoms with Gasteiger partial charge in [-0.2, -0.15) is 0 Å². The Morgan fingerprint density at radius 1 is 1.42 bits per heavy atom. The number of pyridine rings is 1. The highest BCUT2D eigenvalue weighted by Gasteiger charge is 2.13. The van der Waals surface area contributed by atoms with Crippen LogP contribution in [-0.2, 0) is 12.8 Å². The average molecular weight is 186 g/mol. The van der Waals surface area contributed by atoms with Gasteiger partial charge in [-0.15, -0.1) is 12.4 Å². The Morgan fingerprint density at radius 3 is 2.92 bits per heavy atom. The molecule has 3 heteroatoms. The van der Waals surface area contributed by atoms with E-state index in [-0.39, 0.29) is 18.0 Å². The largest absolute Gasteiger partial charge is 0.326 e. The number of aromatic nitrogens is 1. The van der Waals surface area contributed by atoms with Crippen molar-refractivity contribution < 1.29 is 0 Å². The Hall–Kier alpha value is -0.760. The number of H-pyrrole nitrogens is 1. The van der Waals surface area contributed by atoms with E-state index >= 15 is 0 Å². The Kier molecular flexibility index (Phi) is 2.58. The summed E-state index contributed by atoms with van der Waals surface area (Å²) < 4.78 is 0. The molecule has 0 unspecified atom stereocenters. The van der Waals surface area contributed by atoms with Crippen LogP contribution in [0, 0.1) is 6.92 Å². The second-order valence-corrected chi connectivity index (χ2v) is 3.12. The van der Waals surface area contributed by atoms with E-state index in [1.807, 2.05) is 6.92 Å². The van der Waals surface area contributed by atoms with E-state index in [1.54, 1.807) is 6.07 Å². The SMILES string of the molecule is Cc1[nH]c(=O)cc2c1CCC2.Cl. The van der Waals surface area contributed by atoms with Gasteiger partial charge in [-0.1, -0.05) is 0 Å². The minimum absolute atomic E-state index is 0. The molecule has 2 rings (SSSR count). The number of aryl methyl sites for hydroxylation is 2. The number of hydrogen-bond donors (Lipinski definition) is 1. The lowest BCUT2D eigenvalue weighted by atomic mass is 10.1. The fourth-order valence-corrected chi connectivity index (χ4v) is 1.81. The highest BCUT2D eigenvalue weighted by molar-refractivity contribution is 5.85. The molecule has 0 saturated heterocycles. The first kappa shape index (κ1) is 9.33. The highest BCUT2D eigenvalue weighted by atomic mass is 35.5. The van der Waals surface area contributed by atoms with E-state index < -0.39 is 0 Å². The molecule has 0 spiro atoms. The van der Waals surface area contributed by atoms with Crippen molar-refractivity contribution in [3.63, 3.8) is 0 Å². The summed E-state index contributed by atoms with van der Waals surface area (Å²) >= 11 is 0. The molecule has 0 amide bonds. The Morgan fingerprint density at radius 2 is 2.17 bits per heavy atom. The molecular formula is C9H12ClNO. The van der Waals surface area contributed by atoms with Crippen LogP contribution in [0.25, 0.3) is 0 Å². The van der Waals surface area contributed by atoms with Crippen LogP contribution in [0.3, 0.4) is 0 Å². The van der Waals surface area contributed by atoms with Crippen LogP contribution < -0.4 is 5.56 Å². The first-order chi connectivity index (χ1) is 5.27. The van der Waals surface area contributed by atoms with Gasteiger partial charge in [-0.25, -0.2) is 0 Å². The molecule has 0 saturated carbocycles. The summed E-state index contributed by atoms with van der Waals surface area (Å²) in [6.07, 6.45) is 3.42. The van der Waals surface area contributed by atoms with Gasteiger partial charge in [-0.3, -0.25) is 4.79 Å². The molecule has 1 heterocycles. The predicted molar refractivity (Wildman–Crippen MR) is 51.1 cm³/mol. The fraction of sp³-hybridized carbons (Fsp3) is 0.444. The van der Waals surface area contributed by atoms with Crippen molar-refractivity contribution in [1.82, 2.24) is 4.98 Å². The van der Waals surface area contributed by atoms with E-state index in [2.05, 4.69) is 4.98 Å². The molecule has 1 aromatic heterocycles. The van der Waals surface area contributed by atoms with E-state index in [1.165, 1.54) is 17.5 Å². The van der Waals surface area contributed by atoms with Gasteiger partial charge in [-0.05, 0) is 37.3 Å². The van der Waals surface area contributed by atoms with Crippen molar-refractivity contribution in [2.75, 3.05) is 0 Å². The van der Waals surface area contributed by atoms with Gasteiger partial charge in [0.25, 0.3) is 0 Å². The van der Waals surface area contributed by atoms with Crippen LogP contribution in [0.5, 0.6) is 0 Å².